The van der Waals surface area contributed by atoms with Crippen molar-refractivity contribution in [3.63, 3.8) is 0 Å². The second-order valence-electron chi connectivity index (χ2n) is 6.54. The molecule has 2 aliphatic rings. The van der Waals surface area contributed by atoms with E-state index in [1.807, 2.05) is 0 Å². The maximum absolute atomic E-state index is 12.4. The third-order valence-electron chi connectivity index (χ3n) is 5.23. The Morgan fingerprint density at radius 2 is 1.90 bits per heavy atom. The van der Waals surface area contributed by atoms with E-state index >= 15 is 0 Å². The van der Waals surface area contributed by atoms with E-state index in [4.69, 9.17) is 5.73 Å². The van der Waals surface area contributed by atoms with E-state index < -0.39 is 18.5 Å². The highest BCUT2D eigenvalue weighted by Crippen LogP contribution is 2.62. The lowest BCUT2D eigenvalue weighted by Crippen LogP contribution is -2.42. The molecule has 1 aliphatic heterocycles. The van der Waals surface area contributed by atoms with E-state index in [2.05, 4.69) is 0 Å². The molecule has 2 atom stereocenters. The Morgan fingerprint density at radius 3 is 2.45 bits per heavy atom. The minimum absolute atomic E-state index is 0.162. The Bertz CT molecular complexity index is 406. The summed E-state index contributed by atoms with van der Waals surface area (Å²) in [5.41, 5.74) is 5.87. The van der Waals surface area contributed by atoms with Gasteiger partial charge >= 0.3 is 5.97 Å². The molecule has 1 saturated carbocycles. The van der Waals surface area contributed by atoms with Crippen LogP contribution in [0.25, 0.3) is 0 Å². The Kier molecular flexibility index (Phi) is 4.93. The fourth-order valence-corrected chi connectivity index (χ4v) is 6.08. The maximum atomic E-state index is 12.4. The first-order chi connectivity index (χ1) is 9.37. The van der Waals surface area contributed by atoms with Gasteiger partial charge in [0.1, 0.15) is 5.16 Å². The van der Waals surface area contributed by atoms with E-state index in [1.54, 1.807) is 0 Å². The molecule has 0 spiro atoms. The van der Waals surface area contributed by atoms with Crippen molar-refractivity contribution in [2.75, 3.05) is 6.16 Å². The van der Waals surface area contributed by atoms with Crippen LogP contribution in [-0.2, 0) is 9.36 Å². The summed E-state index contributed by atoms with van der Waals surface area (Å²) in [6.45, 7) is 0. The van der Waals surface area contributed by atoms with Crippen LogP contribution in [0.5, 0.6) is 0 Å². The summed E-state index contributed by atoms with van der Waals surface area (Å²) in [4.78, 5) is 21.8. The van der Waals surface area contributed by atoms with Crippen LogP contribution in [0.15, 0.2) is 0 Å². The van der Waals surface area contributed by atoms with Crippen molar-refractivity contribution >= 4 is 13.3 Å². The molecule has 6 heteroatoms. The topological polar surface area (TPSA) is 101 Å². The Labute approximate surface area is 120 Å². The third-order valence-corrected chi connectivity index (χ3v) is 8.12. The van der Waals surface area contributed by atoms with E-state index in [1.165, 1.54) is 0 Å². The van der Waals surface area contributed by atoms with Gasteiger partial charge in [0.15, 0.2) is 0 Å². The van der Waals surface area contributed by atoms with Gasteiger partial charge in [0.05, 0.1) is 0 Å². The summed E-state index contributed by atoms with van der Waals surface area (Å²) in [5, 5.41) is 8.16. The molecule has 2 rings (SSSR count). The fourth-order valence-electron chi connectivity index (χ4n) is 3.72. The molecule has 0 aromatic carbocycles. The molecule has 0 amide bonds. The number of nitrogens with two attached hydrogens (primary N) is 1. The molecule has 0 bridgehead atoms. The SMILES string of the molecule is NC1CCC(CCC2(C(=O)O)CCCCP2(=O)O)CC1. The predicted octanol–water partition coefficient (Wildman–Crippen LogP) is 2.56. The number of carboxylic acid groups (broad SMARTS) is 1. The van der Waals surface area contributed by atoms with E-state index in [9.17, 15) is 19.4 Å². The number of aliphatic carboxylic acids is 1. The molecule has 1 heterocycles. The van der Waals surface area contributed by atoms with Gasteiger partial charge in [-0.3, -0.25) is 9.36 Å². The number of hydrogen-bond donors (Lipinski definition) is 3. The monoisotopic (exact) mass is 303 g/mol. The van der Waals surface area contributed by atoms with Crippen LogP contribution in [0, 0.1) is 5.92 Å². The lowest BCUT2D eigenvalue weighted by atomic mass is 9.81. The summed E-state index contributed by atoms with van der Waals surface area (Å²) < 4.78 is 12.4. The third kappa shape index (κ3) is 3.10. The Hall–Kier alpha value is -0.380. The predicted molar refractivity (Wildman–Crippen MR) is 78.1 cm³/mol. The Balaban J connectivity index is 2.02. The maximum Gasteiger partial charge on any atom is 0.319 e. The van der Waals surface area contributed by atoms with E-state index in [0.29, 0.717) is 25.2 Å². The van der Waals surface area contributed by atoms with Gasteiger partial charge in [-0.05, 0) is 57.3 Å². The van der Waals surface area contributed by atoms with Crippen LogP contribution in [0.3, 0.4) is 0 Å². The molecule has 0 aromatic rings. The first kappa shape index (κ1) is 16.0. The normalized spacial score (nSPS) is 42.3. The highest BCUT2D eigenvalue weighted by molar-refractivity contribution is 7.60. The quantitative estimate of drug-likeness (QED) is 0.693. The van der Waals surface area contributed by atoms with Crippen molar-refractivity contribution in [2.45, 2.75) is 69.0 Å². The van der Waals surface area contributed by atoms with Crippen molar-refractivity contribution in [1.29, 1.82) is 0 Å². The molecule has 5 nitrogen and oxygen atoms in total. The van der Waals surface area contributed by atoms with Gasteiger partial charge < -0.3 is 15.7 Å². The number of carboxylic acids is 1. The summed E-state index contributed by atoms with van der Waals surface area (Å²) in [6, 6.07) is 0.276. The average molecular weight is 303 g/mol. The van der Waals surface area contributed by atoms with Gasteiger partial charge in [-0.15, -0.1) is 0 Å². The van der Waals surface area contributed by atoms with Gasteiger partial charge in [-0.1, -0.05) is 6.42 Å². The van der Waals surface area contributed by atoms with Gasteiger partial charge in [0, 0.05) is 12.2 Å². The molecule has 116 valence electrons. The van der Waals surface area contributed by atoms with Crippen LogP contribution in [0.2, 0.25) is 0 Å². The smallest absolute Gasteiger partial charge is 0.319 e. The van der Waals surface area contributed by atoms with Crippen molar-refractivity contribution in [3.8, 4) is 0 Å². The summed E-state index contributed by atoms with van der Waals surface area (Å²) >= 11 is 0. The average Bonchev–Trinajstić information content (AvgIpc) is 2.39. The van der Waals surface area contributed by atoms with Gasteiger partial charge in [0.2, 0.25) is 7.37 Å². The van der Waals surface area contributed by atoms with Crippen LogP contribution in [0.1, 0.15) is 57.8 Å². The zero-order chi connectivity index (χ0) is 14.8. The molecule has 1 aliphatic carbocycles. The van der Waals surface area contributed by atoms with Crippen LogP contribution < -0.4 is 5.73 Å². The zero-order valence-electron chi connectivity index (χ0n) is 12.0. The first-order valence-corrected chi connectivity index (χ1v) is 9.53. The van der Waals surface area contributed by atoms with E-state index in [-0.39, 0.29) is 12.2 Å². The number of rotatable bonds is 4. The Morgan fingerprint density at radius 1 is 1.25 bits per heavy atom. The molecule has 0 aromatic heterocycles. The van der Waals surface area contributed by atoms with Crippen LogP contribution in [0.4, 0.5) is 0 Å². The number of hydrogen-bond acceptors (Lipinski definition) is 3. The largest absolute Gasteiger partial charge is 0.480 e. The minimum Gasteiger partial charge on any atom is -0.480 e. The van der Waals surface area contributed by atoms with Crippen molar-refractivity contribution < 1.29 is 19.4 Å². The summed E-state index contributed by atoms with van der Waals surface area (Å²) in [5.74, 6) is -0.608. The lowest BCUT2D eigenvalue weighted by molar-refractivity contribution is -0.141. The minimum atomic E-state index is -3.59. The van der Waals surface area contributed by atoms with Gasteiger partial charge in [0.25, 0.3) is 0 Å². The molecule has 4 N–H and O–H groups in total. The zero-order valence-corrected chi connectivity index (χ0v) is 12.9. The van der Waals surface area contributed by atoms with Crippen LogP contribution >= 0.6 is 7.37 Å². The standard InChI is InChI=1S/C14H26NO4P/c15-12-5-3-11(4-6-12)7-9-14(13(16)17)8-1-2-10-20(14,18)19/h11-12H,1-10,15H2,(H,16,17)(H,18,19). The van der Waals surface area contributed by atoms with Crippen molar-refractivity contribution in [3.05, 3.63) is 0 Å². The van der Waals surface area contributed by atoms with E-state index in [0.717, 1.165) is 38.5 Å². The second kappa shape index (κ2) is 6.17. The molecular weight excluding hydrogens is 277 g/mol. The molecular formula is C14H26NO4P. The number of carbonyl (C=O) groups is 1. The van der Waals surface area contributed by atoms with Gasteiger partial charge in [-0.25, -0.2) is 0 Å². The first-order valence-electron chi connectivity index (χ1n) is 7.68. The van der Waals surface area contributed by atoms with Crippen molar-refractivity contribution in [2.24, 2.45) is 11.7 Å². The molecule has 2 fully saturated rings. The lowest BCUT2D eigenvalue weighted by Gasteiger charge is -2.38. The summed E-state index contributed by atoms with van der Waals surface area (Å²) in [6.07, 6.45) is 7.02. The molecule has 2 unspecified atom stereocenters. The highest BCUT2D eigenvalue weighted by atomic mass is 31.2. The molecule has 0 radical (unpaired) electrons. The second-order valence-corrected chi connectivity index (χ2v) is 9.24. The van der Waals surface area contributed by atoms with Gasteiger partial charge in [-0.2, -0.15) is 0 Å². The van der Waals surface area contributed by atoms with Crippen molar-refractivity contribution in [1.82, 2.24) is 0 Å². The fraction of sp³-hybridized carbons (Fsp3) is 0.929. The molecule has 20 heavy (non-hydrogen) atoms. The highest BCUT2D eigenvalue weighted by Gasteiger charge is 2.54. The summed E-state index contributed by atoms with van der Waals surface area (Å²) in [7, 11) is -3.59. The van der Waals surface area contributed by atoms with Crippen LogP contribution in [-0.4, -0.2) is 33.3 Å². The molecule has 1 saturated heterocycles.